The number of para-hydroxylation sites is 1. The molecule has 1 aromatic heterocycles. The monoisotopic (exact) mass is 375 g/mol. The number of nitrogens with zero attached hydrogens (tertiary/aromatic N) is 2. The number of aromatic nitrogens is 2. The Morgan fingerprint density at radius 3 is 2.36 bits per heavy atom. The highest BCUT2D eigenvalue weighted by Crippen LogP contribution is 2.22. The number of rotatable bonds is 5. The summed E-state index contributed by atoms with van der Waals surface area (Å²) in [5, 5.41) is 0.380. The lowest BCUT2D eigenvalue weighted by atomic mass is 10.2. The maximum Gasteiger partial charge on any atom is 0.322 e. The van der Waals surface area contributed by atoms with E-state index >= 15 is 0 Å². The largest absolute Gasteiger partial charge is 0.424 e. The van der Waals surface area contributed by atoms with Crippen molar-refractivity contribution in [1.82, 2.24) is 9.97 Å². The van der Waals surface area contributed by atoms with Gasteiger partial charge in [-0.15, -0.1) is 0 Å². The van der Waals surface area contributed by atoms with Gasteiger partial charge in [0.2, 0.25) is 0 Å². The molecule has 0 atom stereocenters. The summed E-state index contributed by atoms with van der Waals surface area (Å²) in [7, 11) is -3.78. The van der Waals surface area contributed by atoms with Crippen LogP contribution in [-0.4, -0.2) is 18.4 Å². The molecule has 0 amide bonds. The highest BCUT2D eigenvalue weighted by molar-refractivity contribution is 7.92. The third kappa shape index (κ3) is 4.26. The Morgan fingerprint density at radius 1 is 1.04 bits per heavy atom. The molecule has 0 spiro atoms. The lowest BCUT2D eigenvalue weighted by Gasteiger charge is -2.09. The molecule has 1 N–H and O–H groups in total. The van der Waals surface area contributed by atoms with E-state index < -0.39 is 10.0 Å². The first-order valence-electron chi connectivity index (χ1n) is 7.28. The molecule has 2 aromatic carbocycles. The van der Waals surface area contributed by atoms with Crippen LogP contribution in [0, 0.1) is 6.92 Å². The second-order valence-corrected chi connectivity index (χ2v) is 7.28. The van der Waals surface area contributed by atoms with Crippen molar-refractivity contribution in [1.29, 1.82) is 0 Å². The van der Waals surface area contributed by atoms with Crippen molar-refractivity contribution in [3.05, 3.63) is 71.5 Å². The number of anilines is 1. The molecule has 0 aliphatic carbocycles. The van der Waals surface area contributed by atoms with Gasteiger partial charge in [0.15, 0.2) is 0 Å². The summed E-state index contributed by atoms with van der Waals surface area (Å²) >= 11 is 5.99. The fourth-order valence-electron chi connectivity index (χ4n) is 1.97. The quantitative estimate of drug-likeness (QED) is 0.728. The number of hydrogen-bond acceptors (Lipinski definition) is 5. The average Bonchev–Trinajstić information content (AvgIpc) is 2.60. The summed E-state index contributed by atoms with van der Waals surface area (Å²) in [6, 6.07) is 13.7. The number of nitrogens with one attached hydrogen (secondary N) is 1. The minimum Gasteiger partial charge on any atom is -0.424 e. The van der Waals surface area contributed by atoms with Gasteiger partial charge in [-0.2, -0.15) is 0 Å². The molecular formula is C17H14ClN3O3S. The second kappa shape index (κ2) is 7.08. The molecule has 25 heavy (non-hydrogen) atoms. The van der Waals surface area contributed by atoms with Crippen molar-refractivity contribution >= 4 is 27.3 Å². The lowest BCUT2D eigenvalue weighted by Crippen LogP contribution is -2.13. The van der Waals surface area contributed by atoms with E-state index in [9.17, 15) is 8.42 Å². The Kier molecular flexibility index (Phi) is 4.87. The van der Waals surface area contributed by atoms with Crippen LogP contribution in [0.1, 0.15) is 5.56 Å². The van der Waals surface area contributed by atoms with Gasteiger partial charge in [-0.3, -0.25) is 4.72 Å². The molecule has 3 rings (SSSR count). The molecule has 0 aliphatic rings. The van der Waals surface area contributed by atoms with Gasteiger partial charge >= 0.3 is 6.01 Å². The first-order valence-corrected chi connectivity index (χ1v) is 9.14. The zero-order valence-corrected chi connectivity index (χ0v) is 14.8. The topological polar surface area (TPSA) is 81.2 Å². The number of benzene rings is 2. The number of aryl methyl sites for hydroxylation is 1. The minimum atomic E-state index is -3.78. The van der Waals surface area contributed by atoms with E-state index in [1.165, 1.54) is 24.5 Å². The molecular weight excluding hydrogens is 362 g/mol. The smallest absolute Gasteiger partial charge is 0.322 e. The van der Waals surface area contributed by atoms with E-state index in [-0.39, 0.29) is 16.6 Å². The number of halogens is 1. The molecule has 0 radical (unpaired) electrons. The molecule has 0 unspecified atom stereocenters. The molecule has 0 saturated heterocycles. The molecule has 3 aromatic rings. The van der Waals surface area contributed by atoms with Crippen LogP contribution in [0.25, 0.3) is 0 Å². The third-order valence-corrected chi connectivity index (χ3v) is 5.07. The van der Waals surface area contributed by atoms with E-state index in [4.69, 9.17) is 16.3 Å². The summed E-state index contributed by atoms with van der Waals surface area (Å²) in [5.41, 5.74) is 1.02. The summed E-state index contributed by atoms with van der Waals surface area (Å²) in [6.45, 7) is 1.80. The van der Waals surface area contributed by atoms with Crippen LogP contribution in [-0.2, 0) is 10.0 Å². The van der Waals surface area contributed by atoms with Gasteiger partial charge < -0.3 is 4.74 Å². The van der Waals surface area contributed by atoms with Crippen LogP contribution < -0.4 is 9.46 Å². The molecule has 6 nitrogen and oxygen atoms in total. The van der Waals surface area contributed by atoms with Crippen molar-refractivity contribution in [2.45, 2.75) is 11.8 Å². The minimum absolute atomic E-state index is 0.0627. The van der Waals surface area contributed by atoms with Crippen LogP contribution in [0.4, 0.5) is 5.69 Å². The normalized spacial score (nSPS) is 11.1. The summed E-state index contributed by atoms with van der Waals surface area (Å²) < 4.78 is 32.6. The van der Waals surface area contributed by atoms with Crippen LogP contribution in [0.2, 0.25) is 5.02 Å². The fourth-order valence-corrected chi connectivity index (χ4v) is 3.27. The third-order valence-electron chi connectivity index (χ3n) is 3.29. The van der Waals surface area contributed by atoms with Crippen molar-refractivity contribution in [2.75, 3.05) is 4.72 Å². The van der Waals surface area contributed by atoms with Gasteiger partial charge in [0.25, 0.3) is 10.0 Å². The molecule has 1 heterocycles. The Bertz CT molecular complexity index is 978. The molecule has 0 fully saturated rings. The first kappa shape index (κ1) is 17.2. The van der Waals surface area contributed by atoms with Gasteiger partial charge in [-0.25, -0.2) is 18.4 Å². The Morgan fingerprint density at radius 2 is 1.72 bits per heavy atom. The van der Waals surface area contributed by atoms with Gasteiger partial charge in [0, 0.05) is 5.02 Å². The standard InChI is InChI=1S/C17H14ClN3O3S/c1-12-7-8-15(9-16(12)18)25(22,23)21-13-10-19-17(20-11-13)24-14-5-3-2-4-6-14/h2-11,21H,1H3. The predicted molar refractivity (Wildman–Crippen MR) is 95.5 cm³/mol. The van der Waals surface area contributed by atoms with Gasteiger partial charge in [0.05, 0.1) is 23.0 Å². The number of ether oxygens (including phenoxy) is 1. The first-order chi connectivity index (χ1) is 11.9. The highest BCUT2D eigenvalue weighted by Gasteiger charge is 2.16. The number of hydrogen-bond donors (Lipinski definition) is 1. The van der Waals surface area contributed by atoms with E-state index in [2.05, 4.69) is 14.7 Å². The second-order valence-electron chi connectivity index (χ2n) is 5.19. The summed E-state index contributed by atoms with van der Waals surface area (Å²) in [4.78, 5) is 8.06. The molecule has 8 heteroatoms. The van der Waals surface area contributed by atoms with Crippen molar-refractivity contribution in [2.24, 2.45) is 0 Å². The van der Waals surface area contributed by atoms with Crippen LogP contribution in [0.15, 0.2) is 65.8 Å². The summed E-state index contributed by atoms with van der Waals surface area (Å²) in [6.07, 6.45) is 2.66. The van der Waals surface area contributed by atoms with Crippen molar-refractivity contribution < 1.29 is 13.2 Å². The highest BCUT2D eigenvalue weighted by atomic mass is 35.5. The van der Waals surface area contributed by atoms with Crippen LogP contribution in [0.5, 0.6) is 11.8 Å². The zero-order chi connectivity index (χ0) is 17.9. The molecule has 0 aliphatic heterocycles. The van der Waals surface area contributed by atoms with E-state index in [1.807, 2.05) is 18.2 Å². The van der Waals surface area contributed by atoms with E-state index in [0.29, 0.717) is 10.8 Å². The van der Waals surface area contributed by atoms with Gasteiger partial charge in [-0.1, -0.05) is 35.9 Å². The number of sulfonamides is 1. The van der Waals surface area contributed by atoms with Gasteiger partial charge in [0.1, 0.15) is 5.75 Å². The molecule has 0 bridgehead atoms. The zero-order valence-electron chi connectivity index (χ0n) is 13.2. The van der Waals surface area contributed by atoms with Crippen LogP contribution >= 0.6 is 11.6 Å². The predicted octanol–water partition coefficient (Wildman–Crippen LogP) is 4.03. The van der Waals surface area contributed by atoms with Gasteiger partial charge in [-0.05, 0) is 36.8 Å². The van der Waals surface area contributed by atoms with Crippen molar-refractivity contribution in [3.8, 4) is 11.8 Å². The lowest BCUT2D eigenvalue weighted by molar-refractivity contribution is 0.442. The van der Waals surface area contributed by atoms with Crippen molar-refractivity contribution in [3.63, 3.8) is 0 Å². The van der Waals surface area contributed by atoms with Crippen LogP contribution in [0.3, 0.4) is 0 Å². The fraction of sp³-hybridized carbons (Fsp3) is 0.0588. The maximum absolute atomic E-state index is 12.4. The Labute approximate surface area is 150 Å². The van der Waals surface area contributed by atoms with E-state index in [1.54, 1.807) is 25.1 Å². The SMILES string of the molecule is Cc1ccc(S(=O)(=O)Nc2cnc(Oc3ccccc3)nc2)cc1Cl. The van der Waals surface area contributed by atoms with E-state index in [0.717, 1.165) is 5.56 Å². The maximum atomic E-state index is 12.4. The average molecular weight is 376 g/mol. The summed E-state index contributed by atoms with van der Waals surface area (Å²) in [5.74, 6) is 0.588. The molecule has 128 valence electrons. The Hall–Kier alpha value is -2.64. The Balaban J connectivity index is 1.75. The molecule has 0 saturated carbocycles.